The van der Waals surface area contributed by atoms with Gasteiger partial charge in [-0.1, -0.05) is 13.8 Å². The zero-order chi connectivity index (χ0) is 7.49. The predicted molar refractivity (Wildman–Crippen MR) is 40.6 cm³/mol. The number of rotatable bonds is 3. The fourth-order valence-electron chi connectivity index (χ4n) is 0.246. The smallest absolute Gasteiger partial charge is 1.00 e. The van der Waals surface area contributed by atoms with Gasteiger partial charge >= 0.3 is 36.3 Å². The molecule has 0 aliphatic rings. The molecule has 0 heterocycles. The van der Waals surface area contributed by atoms with Gasteiger partial charge in [0, 0.05) is 0 Å². The van der Waals surface area contributed by atoms with Gasteiger partial charge in [-0.2, -0.15) is 0 Å². The van der Waals surface area contributed by atoms with Crippen LogP contribution in [0.25, 0.3) is 0 Å². The van der Waals surface area contributed by atoms with Gasteiger partial charge < -0.3 is 15.7 Å². The van der Waals surface area contributed by atoms with E-state index in [1.807, 2.05) is 13.8 Å². The van der Waals surface area contributed by atoms with Gasteiger partial charge in [0.05, 0.1) is 6.61 Å². The van der Waals surface area contributed by atoms with Gasteiger partial charge in [-0.15, -0.1) is 0 Å². The van der Waals surface area contributed by atoms with E-state index < -0.39 is 6.72 Å². The van der Waals surface area contributed by atoms with Crippen LogP contribution in [0.15, 0.2) is 0 Å². The second-order valence-electron chi connectivity index (χ2n) is 2.18. The Balaban J connectivity index is -0.000000320. The van der Waals surface area contributed by atoms with E-state index in [1.165, 1.54) is 0 Å². The average molecular weight is 194 g/mol. The average Bonchev–Trinajstić information content (AvgIpc) is 1.59. The molecule has 0 fully saturated rings. The van der Waals surface area contributed by atoms with Crippen molar-refractivity contribution in [2.24, 2.45) is 5.92 Å². The van der Waals surface area contributed by atoms with E-state index in [0.717, 1.165) is 0 Å². The Labute approximate surface area is 89.8 Å². The molecule has 0 aromatic heterocycles. The molecule has 3 nitrogen and oxygen atoms in total. The minimum Gasteiger partial charge on any atom is -1.00 e. The monoisotopic (exact) mass is 194 g/mol. The van der Waals surface area contributed by atoms with Crippen LogP contribution in [-0.4, -0.2) is 16.4 Å². The van der Waals surface area contributed by atoms with E-state index in [9.17, 15) is 0 Å². The molecule has 0 aromatic carbocycles. The first-order valence-electron chi connectivity index (χ1n) is 2.62. The minimum atomic E-state index is -3.39. The molecule has 0 rings (SSSR count). The van der Waals surface area contributed by atoms with Gasteiger partial charge in [0.25, 0.3) is 0 Å². The van der Waals surface area contributed by atoms with Gasteiger partial charge in [0.1, 0.15) is 0 Å². The van der Waals surface area contributed by atoms with E-state index in [2.05, 4.69) is 16.3 Å². The topological polar surface area (TPSA) is 49.7 Å². The van der Waals surface area contributed by atoms with Crippen molar-refractivity contribution >= 4 is 18.5 Å². The maximum absolute atomic E-state index is 8.53. The fourth-order valence-corrected chi connectivity index (χ4v) is 0.921. The van der Waals surface area contributed by atoms with Crippen LogP contribution in [-0.2, 0) is 16.3 Å². The summed E-state index contributed by atoms with van der Waals surface area (Å²) in [5.41, 5.74) is 0. The van der Waals surface area contributed by atoms with Crippen LogP contribution in [0.2, 0.25) is 0 Å². The van der Waals surface area contributed by atoms with Crippen molar-refractivity contribution in [1.29, 1.82) is 0 Å². The van der Waals surface area contributed by atoms with Crippen LogP contribution in [0.4, 0.5) is 0 Å². The maximum Gasteiger partial charge on any atom is 1.00 e. The summed E-state index contributed by atoms with van der Waals surface area (Å²) in [5.74, 6) is 0.284. The molecule has 0 aromatic rings. The summed E-state index contributed by atoms with van der Waals surface area (Å²) in [5, 5.41) is 0. The molecule has 0 spiro atoms. The predicted octanol–water partition coefficient (Wildman–Crippen LogP) is -2.02. The second kappa shape index (κ2) is 6.09. The van der Waals surface area contributed by atoms with Crippen LogP contribution < -0.4 is 29.6 Å². The zero-order valence-electron chi connectivity index (χ0n) is 7.44. The van der Waals surface area contributed by atoms with Crippen molar-refractivity contribution in [1.82, 2.24) is 0 Å². The molecule has 0 saturated carbocycles. The molecule has 6 heteroatoms. The molecule has 0 radical (unpaired) electrons. The number of hydrogen-bond acceptors (Lipinski definition) is 2. The third kappa shape index (κ3) is 12.2. The summed E-state index contributed by atoms with van der Waals surface area (Å²) in [6.07, 6.45) is 0. The first kappa shape index (κ1) is 14.1. The van der Waals surface area contributed by atoms with Gasteiger partial charge in [0.15, 0.2) is 0 Å². The SMILES string of the molecule is CC(C)COP(O)(O)=S.[H-].[Na+]. The quantitative estimate of drug-likeness (QED) is 0.402. The molecule has 0 amide bonds. The van der Waals surface area contributed by atoms with Crippen molar-refractivity contribution in [2.75, 3.05) is 6.61 Å². The molecule has 2 N–H and O–H groups in total. The molecule has 0 unspecified atom stereocenters. The van der Waals surface area contributed by atoms with Crippen LogP contribution in [0, 0.1) is 5.92 Å². The molecule has 0 aliphatic heterocycles. The van der Waals surface area contributed by atoms with Crippen molar-refractivity contribution < 1.29 is 45.3 Å². The first-order valence-corrected chi connectivity index (χ1v) is 5.24. The molecule has 0 atom stereocenters. The third-order valence-electron chi connectivity index (χ3n) is 0.576. The summed E-state index contributed by atoms with van der Waals surface area (Å²) < 4.78 is 4.53. The van der Waals surface area contributed by atoms with Crippen molar-refractivity contribution in [3.63, 3.8) is 0 Å². The van der Waals surface area contributed by atoms with Gasteiger partial charge in [-0.3, -0.25) is 0 Å². The molecular formula is C4H12NaO3PS. The van der Waals surface area contributed by atoms with E-state index in [1.54, 1.807) is 0 Å². The zero-order valence-corrected chi connectivity index (χ0v) is 10.2. The Morgan fingerprint density at radius 1 is 1.60 bits per heavy atom. The number of hydrogen-bond donors (Lipinski definition) is 2. The fraction of sp³-hybridized carbons (Fsp3) is 1.00. The molecular weight excluding hydrogens is 182 g/mol. The Hall–Kier alpha value is 1.53. The van der Waals surface area contributed by atoms with Crippen molar-refractivity contribution in [3.8, 4) is 0 Å². The summed E-state index contributed by atoms with van der Waals surface area (Å²) in [7, 11) is 0. The van der Waals surface area contributed by atoms with Crippen molar-refractivity contribution in [2.45, 2.75) is 13.8 Å². The summed E-state index contributed by atoms with van der Waals surface area (Å²) in [6.45, 7) is 0.739. The summed E-state index contributed by atoms with van der Waals surface area (Å²) >= 11 is 4.20. The molecule has 0 aliphatic carbocycles. The first-order chi connectivity index (χ1) is 3.92. The molecule has 0 bridgehead atoms. The molecule has 10 heavy (non-hydrogen) atoms. The van der Waals surface area contributed by atoms with Gasteiger partial charge in [0.2, 0.25) is 0 Å². The standard InChI is InChI=1S/C4H11O3PS.Na.H/c1-4(2)3-7-8(5,6)9;;/h4H,3H2,1-2H3,(H2,5,6,9);;/q;+1;-1. The van der Waals surface area contributed by atoms with Crippen molar-refractivity contribution in [3.05, 3.63) is 0 Å². The molecule has 58 valence electrons. The Morgan fingerprint density at radius 2 is 2.00 bits per heavy atom. The summed E-state index contributed by atoms with van der Waals surface area (Å²) in [6, 6.07) is 0. The second-order valence-corrected chi connectivity index (χ2v) is 4.85. The minimum absolute atomic E-state index is 0. The Kier molecular flexibility index (Phi) is 8.57. The van der Waals surface area contributed by atoms with E-state index in [-0.39, 0.29) is 36.9 Å². The normalized spacial score (nSPS) is 11.3. The van der Waals surface area contributed by atoms with Gasteiger partial charge in [-0.05, 0) is 17.7 Å². The van der Waals surface area contributed by atoms with Crippen LogP contribution in [0.1, 0.15) is 15.3 Å². The Bertz CT molecular complexity index is 129. The Morgan fingerprint density at radius 3 is 2.10 bits per heavy atom. The maximum atomic E-state index is 8.53. The van der Waals surface area contributed by atoms with E-state index in [0.29, 0.717) is 6.61 Å². The van der Waals surface area contributed by atoms with Crippen LogP contribution in [0.5, 0.6) is 0 Å². The largest absolute Gasteiger partial charge is 1.00 e. The van der Waals surface area contributed by atoms with Crippen LogP contribution >= 0.6 is 6.72 Å². The van der Waals surface area contributed by atoms with E-state index in [4.69, 9.17) is 9.79 Å². The third-order valence-corrected chi connectivity index (χ3v) is 1.38. The van der Waals surface area contributed by atoms with Gasteiger partial charge in [-0.25, -0.2) is 0 Å². The molecule has 0 saturated heterocycles. The van der Waals surface area contributed by atoms with Crippen LogP contribution in [0.3, 0.4) is 0 Å². The summed E-state index contributed by atoms with van der Waals surface area (Å²) in [4.78, 5) is 17.1. The van der Waals surface area contributed by atoms with E-state index >= 15 is 0 Å².